The number of amides is 1. The van der Waals surface area contributed by atoms with Gasteiger partial charge < -0.3 is 10.1 Å². The van der Waals surface area contributed by atoms with Gasteiger partial charge in [-0.05, 0) is 41.8 Å². The van der Waals surface area contributed by atoms with Crippen LogP contribution in [0.1, 0.15) is 0 Å². The molecule has 1 N–H and O–H groups in total. The minimum atomic E-state index is -0.224. The third-order valence-corrected chi connectivity index (χ3v) is 6.45. The number of fused-ring (bicyclic) bond motifs is 2. The molecule has 1 aromatic heterocycles. The highest BCUT2D eigenvalue weighted by molar-refractivity contribution is 9.10. The van der Waals surface area contributed by atoms with Crippen molar-refractivity contribution in [1.82, 2.24) is 4.98 Å². The van der Waals surface area contributed by atoms with Gasteiger partial charge in [0.25, 0.3) is 5.91 Å². The number of hydrogen-bond acceptors (Lipinski definition) is 4. The molecular weight excluding hydrogens is 472 g/mol. The quantitative estimate of drug-likeness (QED) is 0.292. The van der Waals surface area contributed by atoms with Crippen LogP contribution in [-0.4, -0.2) is 17.5 Å². The van der Waals surface area contributed by atoms with Gasteiger partial charge in [0.05, 0.1) is 15.9 Å². The average molecular weight is 489 g/mol. The SMILES string of the molecule is O=C(COc1cccc2ccccc12)Nc1ccc(Br)cc1-c1nc2ccccc2s1. The summed E-state index contributed by atoms with van der Waals surface area (Å²) in [7, 11) is 0. The third-order valence-electron chi connectivity index (χ3n) is 4.89. The Kier molecular flexibility index (Phi) is 5.40. The van der Waals surface area contributed by atoms with Crippen molar-refractivity contribution in [2.24, 2.45) is 0 Å². The summed E-state index contributed by atoms with van der Waals surface area (Å²) in [5.41, 5.74) is 2.52. The molecule has 152 valence electrons. The average Bonchev–Trinajstić information content (AvgIpc) is 3.23. The van der Waals surface area contributed by atoms with E-state index in [0.717, 1.165) is 36.0 Å². The number of nitrogens with one attached hydrogen (secondary N) is 1. The number of hydrogen-bond donors (Lipinski definition) is 1. The number of nitrogens with zero attached hydrogens (tertiary/aromatic N) is 1. The van der Waals surface area contributed by atoms with Crippen molar-refractivity contribution in [2.75, 3.05) is 11.9 Å². The largest absolute Gasteiger partial charge is 0.483 e. The van der Waals surface area contributed by atoms with Crippen molar-refractivity contribution >= 4 is 59.9 Å². The highest BCUT2D eigenvalue weighted by Crippen LogP contribution is 2.36. The number of carbonyl (C=O) groups is 1. The predicted molar refractivity (Wildman–Crippen MR) is 131 cm³/mol. The van der Waals surface area contributed by atoms with Gasteiger partial charge in [-0.15, -0.1) is 11.3 Å². The number of para-hydroxylation sites is 1. The van der Waals surface area contributed by atoms with Crippen molar-refractivity contribution < 1.29 is 9.53 Å². The summed E-state index contributed by atoms with van der Waals surface area (Å²) >= 11 is 5.12. The van der Waals surface area contributed by atoms with Crippen LogP contribution in [0.5, 0.6) is 5.75 Å². The summed E-state index contributed by atoms with van der Waals surface area (Å²) in [4.78, 5) is 17.4. The zero-order valence-electron chi connectivity index (χ0n) is 16.3. The van der Waals surface area contributed by atoms with Crippen LogP contribution < -0.4 is 10.1 Å². The molecule has 0 aliphatic carbocycles. The second kappa shape index (κ2) is 8.49. The number of ether oxygens (including phenoxy) is 1. The molecule has 0 saturated heterocycles. The Bertz CT molecular complexity index is 1380. The number of anilines is 1. The minimum absolute atomic E-state index is 0.0800. The van der Waals surface area contributed by atoms with Gasteiger partial charge in [0.2, 0.25) is 0 Å². The minimum Gasteiger partial charge on any atom is -0.483 e. The Labute approximate surface area is 191 Å². The van der Waals surface area contributed by atoms with Crippen LogP contribution in [0.3, 0.4) is 0 Å². The number of halogens is 1. The lowest BCUT2D eigenvalue weighted by Crippen LogP contribution is -2.20. The van der Waals surface area contributed by atoms with Gasteiger partial charge in [-0.25, -0.2) is 4.98 Å². The van der Waals surface area contributed by atoms with Gasteiger partial charge in [0.1, 0.15) is 10.8 Å². The molecule has 4 aromatic carbocycles. The van der Waals surface area contributed by atoms with Crippen LogP contribution in [0.2, 0.25) is 0 Å². The van der Waals surface area contributed by atoms with E-state index in [9.17, 15) is 4.79 Å². The van der Waals surface area contributed by atoms with Gasteiger partial charge >= 0.3 is 0 Å². The van der Waals surface area contributed by atoms with E-state index in [2.05, 4.69) is 21.2 Å². The van der Waals surface area contributed by atoms with E-state index in [4.69, 9.17) is 9.72 Å². The number of aromatic nitrogens is 1. The van der Waals surface area contributed by atoms with E-state index in [1.807, 2.05) is 84.9 Å². The van der Waals surface area contributed by atoms with E-state index >= 15 is 0 Å². The summed E-state index contributed by atoms with van der Waals surface area (Å²) in [6.07, 6.45) is 0. The van der Waals surface area contributed by atoms with Crippen LogP contribution >= 0.6 is 27.3 Å². The van der Waals surface area contributed by atoms with Crippen LogP contribution in [0.4, 0.5) is 5.69 Å². The fraction of sp³-hybridized carbons (Fsp3) is 0.0400. The highest BCUT2D eigenvalue weighted by Gasteiger charge is 2.14. The maximum atomic E-state index is 12.7. The Morgan fingerprint density at radius 2 is 1.77 bits per heavy atom. The maximum absolute atomic E-state index is 12.7. The molecule has 4 nitrogen and oxygen atoms in total. The molecule has 0 aliphatic rings. The predicted octanol–water partition coefficient (Wildman–Crippen LogP) is 6.90. The Balaban J connectivity index is 1.38. The zero-order chi connectivity index (χ0) is 21.2. The Morgan fingerprint density at radius 3 is 2.68 bits per heavy atom. The van der Waals surface area contributed by atoms with E-state index in [1.165, 1.54) is 0 Å². The molecule has 1 amide bonds. The van der Waals surface area contributed by atoms with E-state index in [1.54, 1.807) is 11.3 Å². The van der Waals surface area contributed by atoms with Crippen molar-refractivity contribution in [3.8, 4) is 16.3 Å². The second-order valence-electron chi connectivity index (χ2n) is 6.99. The lowest BCUT2D eigenvalue weighted by molar-refractivity contribution is -0.118. The first-order chi connectivity index (χ1) is 15.2. The van der Waals surface area contributed by atoms with E-state index in [-0.39, 0.29) is 12.5 Å². The van der Waals surface area contributed by atoms with Crippen molar-refractivity contribution in [3.63, 3.8) is 0 Å². The van der Waals surface area contributed by atoms with Crippen LogP contribution in [0.25, 0.3) is 31.6 Å². The van der Waals surface area contributed by atoms with Crippen LogP contribution in [0.15, 0.2) is 89.4 Å². The molecule has 0 unspecified atom stereocenters. The molecule has 0 spiro atoms. The molecule has 1 heterocycles. The Hall–Kier alpha value is -3.22. The number of carbonyl (C=O) groups excluding carboxylic acids is 1. The summed E-state index contributed by atoms with van der Waals surface area (Å²) in [5, 5.41) is 5.89. The summed E-state index contributed by atoms with van der Waals surface area (Å²) in [5.74, 6) is 0.466. The summed E-state index contributed by atoms with van der Waals surface area (Å²) < 4.78 is 7.86. The van der Waals surface area contributed by atoms with Gasteiger partial charge in [-0.2, -0.15) is 0 Å². The molecule has 0 aliphatic heterocycles. The molecular formula is C25H17BrN2O2S. The molecule has 0 radical (unpaired) electrons. The number of thiazole rings is 1. The molecule has 6 heteroatoms. The van der Waals surface area contributed by atoms with Crippen molar-refractivity contribution in [2.45, 2.75) is 0 Å². The first-order valence-electron chi connectivity index (χ1n) is 9.73. The van der Waals surface area contributed by atoms with Gasteiger partial charge in [0, 0.05) is 15.4 Å². The molecule has 5 aromatic rings. The fourth-order valence-corrected chi connectivity index (χ4v) is 4.80. The van der Waals surface area contributed by atoms with Crippen LogP contribution in [-0.2, 0) is 4.79 Å². The summed E-state index contributed by atoms with van der Waals surface area (Å²) in [6, 6.07) is 27.5. The monoisotopic (exact) mass is 488 g/mol. The summed E-state index contributed by atoms with van der Waals surface area (Å²) in [6.45, 7) is -0.0800. The first-order valence-corrected chi connectivity index (χ1v) is 11.3. The van der Waals surface area contributed by atoms with Crippen molar-refractivity contribution in [3.05, 3.63) is 89.4 Å². The van der Waals surface area contributed by atoms with Crippen molar-refractivity contribution in [1.29, 1.82) is 0 Å². The third kappa shape index (κ3) is 4.17. The smallest absolute Gasteiger partial charge is 0.262 e. The van der Waals surface area contributed by atoms with Gasteiger partial charge in [0.15, 0.2) is 6.61 Å². The maximum Gasteiger partial charge on any atom is 0.262 e. The molecule has 0 bridgehead atoms. The lowest BCUT2D eigenvalue weighted by atomic mass is 10.1. The van der Waals surface area contributed by atoms with Crippen LogP contribution in [0, 0.1) is 0 Å². The number of rotatable bonds is 5. The molecule has 5 rings (SSSR count). The second-order valence-corrected chi connectivity index (χ2v) is 8.94. The normalized spacial score (nSPS) is 11.0. The van der Waals surface area contributed by atoms with Gasteiger partial charge in [-0.1, -0.05) is 64.5 Å². The van der Waals surface area contributed by atoms with Gasteiger partial charge in [-0.3, -0.25) is 4.79 Å². The van der Waals surface area contributed by atoms with E-state index < -0.39 is 0 Å². The fourth-order valence-electron chi connectivity index (χ4n) is 3.44. The standard InChI is InChI=1S/C25H17BrN2O2S/c26-17-12-13-20(19(14-17)25-28-21-9-3-4-11-23(21)31-25)27-24(29)15-30-22-10-5-7-16-6-1-2-8-18(16)22/h1-14H,15H2,(H,27,29). The lowest BCUT2D eigenvalue weighted by Gasteiger charge is -2.12. The molecule has 0 saturated carbocycles. The molecule has 0 fully saturated rings. The Morgan fingerprint density at radius 1 is 0.968 bits per heavy atom. The van der Waals surface area contributed by atoms with E-state index in [0.29, 0.717) is 11.4 Å². The molecule has 0 atom stereocenters. The topological polar surface area (TPSA) is 51.2 Å². The molecule has 31 heavy (non-hydrogen) atoms. The first kappa shape index (κ1) is 19.7. The number of benzene rings is 4. The highest BCUT2D eigenvalue weighted by atomic mass is 79.9. The zero-order valence-corrected chi connectivity index (χ0v) is 18.7.